The van der Waals surface area contributed by atoms with E-state index in [1.165, 1.54) is 5.56 Å². The highest BCUT2D eigenvalue weighted by Gasteiger charge is 2.26. The third-order valence-corrected chi connectivity index (χ3v) is 4.06. The average Bonchev–Trinajstić information content (AvgIpc) is 2.59. The van der Waals surface area contributed by atoms with Crippen molar-refractivity contribution < 1.29 is 9.53 Å². The fraction of sp³-hybridized carbons (Fsp3) is 0.263. The minimum absolute atomic E-state index is 0.496. The number of carbonyl (C=O) groups is 1. The number of ether oxygens (including phenoxy) is 1. The average molecular weight is 308 g/mol. The van der Waals surface area contributed by atoms with Gasteiger partial charge in [-0.2, -0.15) is 4.99 Å². The molecule has 1 aliphatic heterocycles. The van der Waals surface area contributed by atoms with Crippen LogP contribution in [0.15, 0.2) is 53.5 Å². The summed E-state index contributed by atoms with van der Waals surface area (Å²) < 4.78 is 5.80. The molecule has 1 unspecified atom stereocenters. The van der Waals surface area contributed by atoms with E-state index in [1.807, 2.05) is 55.3 Å². The zero-order valence-electron chi connectivity index (χ0n) is 13.4. The molecule has 4 heteroatoms. The lowest BCUT2D eigenvalue weighted by atomic mass is 10.0. The molecule has 4 nitrogen and oxygen atoms in total. The second-order valence-corrected chi connectivity index (χ2v) is 5.73. The number of carbonyl (C=O) groups excluding carboxylic acids is 1. The third kappa shape index (κ3) is 3.26. The monoisotopic (exact) mass is 308 g/mol. The Morgan fingerprint density at radius 2 is 1.96 bits per heavy atom. The first kappa shape index (κ1) is 15.3. The first-order chi connectivity index (χ1) is 11.2. The van der Waals surface area contributed by atoms with Crippen LogP contribution in [0.2, 0.25) is 0 Å². The van der Waals surface area contributed by atoms with Crippen LogP contribution in [-0.4, -0.2) is 30.8 Å². The van der Waals surface area contributed by atoms with E-state index in [2.05, 4.69) is 17.1 Å². The summed E-state index contributed by atoms with van der Waals surface area (Å²) in [6.07, 6.45) is 1.15. The van der Waals surface area contributed by atoms with Crippen molar-refractivity contribution in [1.29, 1.82) is 0 Å². The van der Waals surface area contributed by atoms with Gasteiger partial charge in [0.25, 0.3) is 6.02 Å². The smallest absolute Gasteiger partial charge is 0.293 e. The molecule has 1 heterocycles. The summed E-state index contributed by atoms with van der Waals surface area (Å²) in [6, 6.07) is 16.6. The van der Waals surface area contributed by atoms with Gasteiger partial charge in [0.2, 0.25) is 0 Å². The molecule has 0 radical (unpaired) electrons. The van der Waals surface area contributed by atoms with Crippen LogP contribution in [0.1, 0.15) is 22.8 Å². The van der Waals surface area contributed by atoms with Crippen molar-refractivity contribution in [3.05, 3.63) is 65.2 Å². The normalized spacial score (nSPS) is 16.1. The Hall–Kier alpha value is -2.62. The molecule has 2 aromatic carbocycles. The highest BCUT2D eigenvalue weighted by atomic mass is 16.5. The Kier molecular flexibility index (Phi) is 4.42. The lowest BCUT2D eigenvalue weighted by Gasteiger charge is -2.28. The number of fused-ring (bicyclic) bond motifs is 1. The summed E-state index contributed by atoms with van der Waals surface area (Å²) in [5.41, 5.74) is 3.96. The zero-order chi connectivity index (χ0) is 16.2. The molecule has 23 heavy (non-hydrogen) atoms. The van der Waals surface area contributed by atoms with Gasteiger partial charge in [-0.3, -0.25) is 4.79 Å². The standard InChI is InChI=1S/C19H20N2O2/c1-14-7-6-10-16-18(14)17(13-22)23-19(20-16)21(2)12-11-15-8-4-3-5-9-15/h3-10,13,17H,11-12H2,1-2H3. The number of aldehydes is 1. The lowest BCUT2D eigenvalue weighted by Crippen LogP contribution is -2.34. The largest absolute Gasteiger partial charge is 0.449 e. The van der Waals surface area contributed by atoms with Crippen molar-refractivity contribution in [3.63, 3.8) is 0 Å². The highest BCUT2D eigenvalue weighted by Crippen LogP contribution is 2.34. The van der Waals surface area contributed by atoms with Crippen LogP contribution >= 0.6 is 0 Å². The van der Waals surface area contributed by atoms with E-state index in [-0.39, 0.29) is 0 Å². The van der Waals surface area contributed by atoms with Crippen molar-refractivity contribution in [3.8, 4) is 0 Å². The Morgan fingerprint density at radius 3 is 2.70 bits per heavy atom. The van der Waals surface area contributed by atoms with Crippen LogP contribution in [0, 0.1) is 6.92 Å². The van der Waals surface area contributed by atoms with E-state index >= 15 is 0 Å². The Labute approximate surface area is 136 Å². The van der Waals surface area contributed by atoms with Gasteiger partial charge < -0.3 is 9.64 Å². The summed E-state index contributed by atoms with van der Waals surface area (Å²) in [7, 11) is 1.93. The molecule has 0 spiro atoms. The minimum Gasteiger partial charge on any atom is -0.449 e. The molecule has 1 aliphatic rings. The number of likely N-dealkylation sites (N-methyl/N-ethyl adjacent to an activating group) is 1. The Balaban J connectivity index is 1.78. The predicted molar refractivity (Wildman–Crippen MR) is 90.9 cm³/mol. The van der Waals surface area contributed by atoms with Crippen molar-refractivity contribution in [2.45, 2.75) is 19.4 Å². The van der Waals surface area contributed by atoms with E-state index in [9.17, 15) is 4.79 Å². The SMILES string of the molecule is Cc1cccc2c1C(C=O)OC(N(C)CCc1ccccc1)=N2. The fourth-order valence-corrected chi connectivity index (χ4v) is 2.74. The first-order valence-corrected chi connectivity index (χ1v) is 7.74. The lowest BCUT2D eigenvalue weighted by molar-refractivity contribution is -0.114. The number of hydrogen-bond donors (Lipinski definition) is 0. The molecular formula is C19H20N2O2. The van der Waals surface area contributed by atoms with Gasteiger partial charge in [0.15, 0.2) is 12.4 Å². The molecule has 0 saturated carbocycles. The minimum atomic E-state index is -0.585. The molecular weight excluding hydrogens is 288 g/mol. The van der Waals surface area contributed by atoms with Crippen LogP contribution in [0.25, 0.3) is 0 Å². The molecule has 3 rings (SSSR count). The van der Waals surface area contributed by atoms with Crippen LogP contribution < -0.4 is 0 Å². The molecule has 0 aliphatic carbocycles. The number of nitrogens with zero attached hydrogens (tertiary/aromatic N) is 2. The van der Waals surface area contributed by atoms with Gasteiger partial charge in [0.1, 0.15) is 0 Å². The highest BCUT2D eigenvalue weighted by molar-refractivity contribution is 5.84. The number of amidine groups is 1. The second-order valence-electron chi connectivity index (χ2n) is 5.73. The van der Waals surface area contributed by atoms with Crippen molar-refractivity contribution in [2.75, 3.05) is 13.6 Å². The van der Waals surface area contributed by atoms with E-state index in [4.69, 9.17) is 4.74 Å². The first-order valence-electron chi connectivity index (χ1n) is 7.74. The topological polar surface area (TPSA) is 41.9 Å². The Morgan fingerprint density at radius 1 is 1.17 bits per heavy atom. The van der Waals surface area contributed by atoms with Gasteiger partial charge >= 0.3 is 0 Å². The molecule has 1 atom stereocenters. The van der Waals surface area contributed by atoms with Crippen LogP contribution in [0.3, 0.4) is 0 Å². The fourth-order valence-electron chi connectivity index (χ4n) is 2.74. The maximum Gasteiger partial charge on any atom is 0.293 e. The van der Waals surface area contributed by atoms with Crippen molar-refractivity contribution >= 4 is 18.0 Å². The van der Waals surface area contributed by atoms with Crippen LogP contribution in [-0.2, 0) is 16.0 Å². The quantitative estimate of drug-likeness (QED) is 0.813. The molecule has 0 bridgehead atoms. The summed E-state index contributed by atoms with van der Waals surface area (Å²) in [6.45, 7) is 2.74. The van der Waals surface area contributed by atoms with E-state index in [1.54, 1.807) is 0 Å². The molecule has 0 N–H and O–H groups in total. The Bertz CT molecular complexity index is 725. The van der Waals surface area contributed by atoms with E-state index in [0.29, 0.717) is 6.02 Å². The number of hydrogen-bond acceptors (Lipinski definition) is 4. The predicted octanol–water partition coefficient (Wildman–Crippen LogP) is 3.43. The summed E-state index contributed by atoms with van der Waals surface area (Å²) in [5.74, 6) is 0. The van der Waals surface area contributed by atoms with Gasteiger partial charge in [0.05, 0.1) is 5.69 Å². The van der Waals surface area contributed by atoms with E-state index < -0.39 is 6.10 Å². The van der Waals surface area contributed by atoms with Gasteiger partial charge in [-0.05, 0) is 30.5 Å². The van der Waals surface area contributed by atoms with Gasteiger partial charge in [0, 0.05) is 19.2 Å². The molecule has 0 saturated heterocycles. The number of benzene rings is 2. The molecule has 118 valence electrons. The second kappa shape index (κ2) is 6.65. The van der Waals surface area contributed by atoms with E-state index in [0.717, 1.165) is 36.1 Å². The van der Waals surface area contributed by atoms with Crippen LogP contribution in [0.4, 0.5) is 5.69 Å². The molecule has 2 aromatic rings. The number of rotatable bonds is 4. The third-order valence-electron chi connectivity index (χ3n) is 4.06. The summed E-state index contributed by atoms with van der Waals surface area (Å²) in [5, 5.41) is 0. The van der Waals surface area contributed by atoms with Crippen molar-refractivity contribution in [2.24, 2.45) is 4.99 Å². The maximum absolute atomic E-state index is 11.4. The zero-order valence-corrected chi connectivity index (χ0v) is 13.4. The van der Waals surface area contributed by atoms with Crippen LogP contribution in [0.5, 0.6) is 0 Å². The van der Waals surface area contributed by atoms with Crippen molar-refractivity contribution in [1.82, 2.24) is 4.90 Å². The molecule has 0 aromatic heterocycles. The van der Waals surface area contributed by atoms with Gasteiger partial charge in [-0.1, -0.05) is 42.5 Å². The summed E-state index contributed by atoms with van der Waals surface area (Å²) >= 11 is 0. The van der Waals surface area contributed by atoms with Gasteiger partial charge in [-0.15, -0.1) is 0 Å². The molecule has 0 amide bonds. The maximum atomic E-state index is 11.4. The number of aliphatic imine (C=N–C) groups is 1. The molecule has 0 fully saturated rings. The number of aryl methyl sites for hydroxylation is 1. The summed E-state index contributed by atoms with van der Waals surface area (Å²) in [4.78, 5) is 18.0. The van der Waals surface area contributed by atoms with Gasteiger partial charge in [-0.25, -0.2) is 0 Å².